The van der Waals surface area contributed by atoms with Gasteiger partial charge in [-0.1, -0.05) is 36.7 Å². The molecule has 3 aromatic rings. The number of aromatic nitrogens is 1. The predicted octanol–water partition coefficient (Wildman–Crippen LogP) is 6.50. The Balaban J connectivity index is 1.19. The number of hydrogen-bond acceptors (Lipinski definition) is 8. The average molecular weight is 630 g/mol. The molecule has 3 heterocycles. The summed E-state index contributed by atoms with van der Waals surface area (Å²) in [6, 6.07) is 12.3. The number of thioether (sulfide) groups is 1. The van der Waals surface area contributed by atoms with Crippen LogP contribution in [0.4, 0.5) is 16.3 Å². The maximum absolute atomic E-state index is 13.1. The summed E-state index contributed by atoms with van der Waals surface area (Å²) in [4.78, 5) is 34.3. The van der Waals surface area contributed by atoms with E-state index in [0.717, 1.165) is 67.5 Å². The van der Waals surface area contributed by atoms with E-state index in [1.54, 1.807) is 40.0 Å². The van der Waals surface area contributed by atoms with Crippen LogP contribution in [0.3, 0.4) is 0 Å². The molecule has 2 amide bonds. The normalized spacial score (nSPS) is 16.7. The number of piperazine rings is 1. The highest BCUT2D eigenvalue weighted by molar-refractivity contribution is 7.99. The van der Waals surface area contributed by atoms with Crippen LogP contribution < -0.4 is 9.80 Å². The van der Waals surface area contributed by atoms with Gasteiger partial charge in [-0.05, 0) is 80.7 Å². The molecule has 1 unspecified atom stereocenters. The highest BCUT2D eigenvalue weighted by Gasteiger charge is 2.36. The molecule has 0 radical (unpaired) electrons. The first-order valence-electron chi connectivity index (χ1n) is 14.6. The molecule has 2 aliphatic heterocycles. The molecule has 0 aliphatic carbocycles. The van der Waals surface area contributed by atoms with E-state index < -0.39 is 17.9 Å². The minimum Gasteiger partial charge on any atom is -0.425 e. The zero-order valence-electron chi connectivity index (χ0n) is 25.1. The quantitative estimate of drug-likeness (QED) is 0.250. The number of hydrogen-bond donors (Lipinski definition) is 0. The molecule has 11 heteroatoms. The lowest BCUT2D eigenvalue weighted by molar-refractivity contribution is -0.119. The van der Waals surface area contributed by atoms with E-state index in [2.05, 4.69) is 47.1 Å². The zero-order valence-corrected chi connectivity index (χ0v) is 27.4. The lowest BCUT2D eigenvalue weighted by Gasteiger charge is -2.36. The SMILES string of the molecule is CCSCN(C(=O)OC(C)N1C(=O)Cc2cc(CCN3CCN(c4nsc5ccccc45)CC3)c(Cl)cc21)C(C)(C)C. The number of amides is 2. The molecule has 0 bridgehead atoms. The van der Waals surface area contributed by atoms with Gasteiger partial charge in [0.05, 0.1) is 22.7 Å². The molecule has 42 heavy (non-hydrogen) atoms. The standard InChI is InChI=1S/C31H40ClN5O3S2/c1-6-41-20-36(31(3,4)5)30(39)40-21(2)37-26-19-25(32)22(17-23(26)18-28(37)38)11-12-34-13-15-35(16-14-34)29-24-9-7-8-10-27(24)42-33-29/h7-10,17,19,21H,6,11-16,18,20H2,1-5H3. The molecule has 1 atom stereocenters. The second-order valence-electron chi connectivity index (χ2n) is 11.8. The first-order valence-corrected chi connectivity index (χ1v) is 16.9. The molecular formula is C31H40ClN5O3S2. The topological polar surface area (TPSA) is 69.2 Å². The maximum Gasteiger partial charge on any atom is 0.412 e. The first kappa shape index (κ1) is 30.9. The van der Waals surface area contributed by atoms with E-state index in [1.165, 1.54) is 10.1 Å². The van der Waals surface area contributed by atoms with Crippen molar-refractivity contribution in [1.29, 1.82) is 0 Å². The van der Waals surface area contributed by atoms with E-state index in [-0.39, 0.29) is 12.3 Å². The Morgan fingerprint density at radius 3 is 2.64 bits per heavy atom. The summed E-state index contributed by atoms with van der Waals surface area (Å²) in [7, 11) is 0. The van der Waals surface area contributed by atoms with Crippen LogP contribution in [0.25, 0.3) is 10.1 Å². The van der Waals surface area contributed by atoms with Crippen LogP contribution in [0.15, 0.2) is 36.4 Å². The van der Waals surface area contributed by atoms with Crippen molar-refractivity contribution in [3.8, 4) is 0 Å². The van der Waals surface area contributed by atoms with Crippen molar-refractivity contribution in [1.82, 2.24) is 14.2 Å². The van der Waals surface area contributed by atoms with Gasteiger partial charge in [0.25, 0.3) is 0 Å². The van der Waals surface area contributed by atoms with Crippen molar-refractivity contribution in [2.24, 2.45) is 0 Å². The van der Waals surface area contributed by atoms with Gasteiger partial charge in [-0.25, -0.2) is 4.79 Å². The number of ether oxygens (including phenoxy) is 1. The van der Waals surface area contributed by atoms with Crippen LogP contribution in [-0.2, 0) is 22.4 Å². The molecule has 2 aromatic carbocycles. The van der Waals surface area contributed by atoms with Crippen molar-refractivity contribution in [2.45, 2.75) is 59.2 Å². The first-order chi connectivity index (χ1) is 20.1. The summed E-state index contributed by atoms with van der Waals surface area (Å²) in [6.45, 7) is 14.5. The van der Waals surface area contributed by atoms with Crippen molar-refractivity contribution in [3.05, 3.63) is 52.5 Å². The molecule has 1 saturated heterocycles. The van der Waals surface area contributed by atoms with Crippen LogP contribution in [0, 0.1) is 0 Å². The van der Waals surface area contributed by atoms with Gasteiger partial charge in [0.15, 0.2) is 6.23 Å². The summed E-state index contributed by atoms with van der Waals surface area (Å²) in [5.41, 5.74) is 2.30. The van der Waals surface area contributed by atoms with E-state index in [1.807, 2.05) is 26.8 Å². The van der Waals surface area contributed by atoms with Crippen LogP contribution in [-0.4, -0.2) is 82.3 Å². The number of rotatable bonds is 9. The number of carbonyl (C=O) groups excluding carboxylic acids is 2. The van der Waals surface area contributed by atoms with Crippen molar-refractivity contribution >= 4 is 68.5 Å². The van der Waals surface area contributed by atoms with Gasteiger partial charge in [-0.3, -0.25) is 19.5 Å². The summed E-state index contributed by atoms with van der Waals surface area (Å²) < 4.78 is 11.8. The Morgan fingerprint density at radius 2 is 1.93 bits per heavy atom. The van der Waals surface area contributed by atoms with Crippen LogP contribution in [0.1, 0.15) is 45.7 Å². The third-order valence-electron chi connectivity index (χ3n) is 7.93. The minimum absolute atomic E-state index is 0.0885. The molecule has 8 nitrogen and oxygen atoms in total. The minimum atomic E-state index is -0.740. The molecule has 0 saturated carbocycles. The van der Waals surface area contributed by atoms with Gasteiger partial charge in [0.2, 0.25) is 5.91 Å². The second-order valence-corrected chi connectivity index (χ2v) is 14.3. The number of fused-ring (bicyclic) bond motifs is 2. The summed E-state index contributed by atoms with van der Waals surface area (Å²) >= 11 is 9.99. The largest absolute Gasteiger partial charge is 0.425 e. The smallest absolute Gasteiger partial charge is 0.412 e. The van der Waals surface area contributed by atoms with E-state index >= 15 is 0 Å². The van der Waals surface area contributed by atoms with Gasteiger partial charge in [-0.2, -0.15) is 4.37 Å². The van der Waals surface area contributed by atoms with E-state index in [4.69, 9.17) is 20.7 Å². The van der Waals surface area contributed by atoms with Crippen molar-refractivity contribution in [2.75, 3.05) is 54.2 Å². The highest BCUT2D eigenvalue weighted by Crippen LogP contribution is 2.36. The van der Waals surface area contributed by atoms with Gasteiger partial charge in [0.1, 0.15) is 5.82 Å². The number of benzene rings is 2. The molecule has 226 valence electrons. The predicted molar refractivity (Wildman–Crippen MR) is 175 cm³/mol. The molecule has 0 spiro atoms. The summed E-state index contributed by atoms with van der Waals surface area (Å²) in [5, 5.41) is 1.87. The maximum atomic E-state index is 13.1. The highest BCUT2D eigenvalue weighted by atomic mass is 35.5. The molecule has 1 fully saturated rings. The Morgan fingerprint density at radius 1 is 1.19 bits per heavy atom. The fourth-order valence-corrected chi connectivity index (χ4v) is 7.43. The molecule has 5 rings (SSSR count). The Kier molecular flexibility index (Phi) is 9.56. The van der Waals surface area contributed by atoms with Crippen LogP contribution in [0.5, 0.6) is 0 Å². The number of halogens is 1. The third-order valence-corrected chi connectivity index (χ3v) is 9.95. The molecule has 1 aromatic heterocycles. The lowest BCUT2D eigenvalue weighted by atomic mass is 10.1. The van der Waals surface area contributed by atoms with E-state index in [9.17, 15) is 9.59 Å². The fourth-order valence-electron chi connectivity index (χ4n) is 5.52. The van der Waals surface area contributed by atoms with Crippen molar-refractivity contribution < 1.29 is 14.3 Å². The van der Waals surface area contributed by atoms with Gasteiger partial charge in [0, 0.05) is 48.7 Å². The van der Waals surface area contributed by atoms with Gasteiger partial charge >= 0.3 is 6.09 Å². The Labute approximate surface area is 262 Å². The van der Waals surface area contributed by atoms with Crippen LogP contribution >= 0.6 is 34.9 Å². The average Bonchev–Trinajstić information content (AvgIpc) is 3.51. The summed E-state index contributed by atoms with van der Waals surface area (Å²) in [6.07, 6.45) is -0.0880. The molecule has 0 N–H and O–H groups in total. The van der Waals surface area contributed by atoms with Crippen LogP contribution in [0.2, 0.25) is 5.02 Å². The van der Waals surface area contributed by atoms with Crippen molar-refractivity contribution in [3.63, 3.8) is 0 Å². The number of nitrogens with zero attached hydrogens (tertiary/aromatic N) is 5. The lowest BCUT2D eigenvalue weighted by Crippen LogP contribution is -2.49. The number of anilines is 2. The zero-order chi connectivity index (χ0) is 30.0. The molecular weight excluding hydrogens is 590 g/mol. The fraction of sp³-hybridized carbons (Fsp3) is 0.516. The van der Waals surface area contributed by atoms with E-state index in [0.29, 0.717) is 10.9 Å². The molecule has 2 aliphatic rings. The third kappa shape index (κ3) is 6.67. The number of carbonyl (C=O) groups is 2. The second kappa shape index (κ2) is 13.0. The van der Waals surface area contributed by atoms with Gasteiger partial charge < -0.3 is 9.64 Å². The monoisotopic (exact) mass is 629 g/mol. The Hall–Kier alpha value is -2.53. The van der Waals surface area contributed by atoms with Gasteiger partial charge in [-0.15, -0.1) is 11.8 Å². The summed E-state index contributed by atoms with van der Waals surface area (Å²) in [5.74, 6) is 2.43. The Bertz CT molecular complexity index is 1430.